The summed E-state index contributed by atoms with van der Waals surface area (Å²) in [6.45, 7) is 4.31. The monoisotopic (exact) mass is 301 g/mol. The van der Waals surface area contributed by atoms with Crippen LogP contribution < -0.4 is 10.5 Å². The Labute approximate surface area is 120 Å². The van der Waals surface area contributed by atoms with Crippen LogP contribution in [0.2, 0.25) is 0 Å². The van der Waals surface area contributed by atoms with Gasteiger partial charge in [0.2, 0.25) is 10.0 Å². The summed E-state index contributed by atoms with van der Waals surface area (Å²) < 4.78 is 34.7. The molecule has 2 heterocycles. The zero-order chi connectivity index (χ0) is 14.6. The number of hydrogen-bond donors (Lipinski definition) is 2. The molecule has 2 rings (SSSR count). The van der Waals surface area contributed by atoms with Crippen LogP contribution in [0.4, 0.5) is 0 Å². The second kappa shape index (κ2) is 6.71. The summed E-state index contributed by atoms with van der Waals surface area (Å²) in [4.78, 5) is 0.289. The van der Waals surface area contributed by atoms with E-state index < -0.39 is 10.0 Å². The molecule has 0 aliphatic carbocycles. The largest absolute Gasteiger partial charge is 0.380 e. The number of nitrogens with zero attached hydrogens (tertiary/aromatic N) is 1. The highest BCUT2D eigenvalue weighted by Gasteiger charge is 2.23. The van der Waals surface area contributed by atoms with Gasteiger partial charge < -0.3 is 15.0 Å². The first-order valence-electron chi connectivity index (χ1n) is 7.06. The molecule has 0 amide bonds. The van der Waals surface area contributed by atoms with E-state index in [0.717, 1.165) is 31.5 Å². The normalized spacial score (nSPS) is 20.2. The van der Waals surface area contributed by atoms with Crippen molar-refractivity contribution in [2.45, 2.75) is 50.2 Å². The predicted octanol–water partition coefficient (Wildman–Crippen LogP) is 0.814. The first kappa shape index (κ1) is 15.5. The highest BCUT2D eigenvalue weighted by atomic mass is 32.2. The number of nitrogens with two attached hydrogens (primary N) is 1. The fourth-order valence-electron chi connectivity index (χ4n) is 2.41. The zero-order valence-corrected chi connectivity index (χ0v) is 12.7. The first-order chi connectivity index (χ1) is 9.56. The standard InChI is InChI=1S/C13H23N3O3S/c1-2-5-16-9-13(7-12(16)8-14)20(17,18)15-11-4-3-6-19-10-11/h7,9,11,15H,2-6,8,10,14H2,1H3. The van der Waals surface area contributed by atoms with Gasteiger partial charge in [0, 0.05) is 37.6 Å². The van der Waals surface area contributed by atoms with Gasteiger partial charge in [-0.25, -0.2) is 13.1 Å². The van der Waals surface area contributed by atoms with E-state index in [4.69, 9.17) is 10.5 Å². The van der Waals surface area contributed by atoms with Gasteiger partial charge in [0.05, 0.1) is 11.5 Å². The van der Waals surface area contributed by atoms with Gasteiger partial charge in [-0.05, 0) is 25.3 Å². The van der Waals surface area contributed by atoms with Crippen molar-refractivity contribution in [2.75, 3.05) is 13.2 Å². The Morgan fingerprint density at radius 3 is 2.95 bits per heavy atom. The second-order valence-corrected chi connectivity index (χ2v) is 6.81. The highest BCUT2D eigenvalue weighted by molar-refractivity contribution is 7.89. The number of sulfonamides is 1. The van der Waals surface area contributed by atoms with E-state index in [9.17, 15) is 8.42 Å². The molecular formula is C13H23N3O3S. The molecule has 1 atom stereocenters. The van der Waals surface area contributed by atoms with Gasteiger partial charge in [-0.15, -0.1) is 0 Å². The van der Waals surface area contributed by atoms with Crippen LogP contribution in [0.15, 0.2) is 17.2 Å². The fraction of sp³-hybridized carbons (Fsp3) is 0.692. The van der Waals surface area contributed by atoms with Crippen LogP contribution in [0.5, 0.6) is 0 Å². The molecule has 1 aliphatic rings. The molecule has 0 aromatic carbocycles. The first-order valence-corrected chi connectivity index (χ1v) is 8.54. The van der Waals surface area contributed by atoms with E-state index in [-0.39, 0.29) is 10.9 Å². The lowest BCUT2D eigenvalue weighted by molar-refractivity contribution is 0.0774. The van der Waals surface area contributed by atoms with Crippen molar-refractivity contribution in [2.24, 2.45) is 5.73 Å². The summed E-state index contributed by atoms with van der Waals surface area (Å²) >= 11 is 0. The number of rotatable bonds is 6. The summed E-state index contributed by atoms with van der Waals surface area (Å²) in [5.41, 5.74) is 6.51. The van der Waals surface area contributed by atoms with Crippen molar-refractivity contribution in [3.63, 3.8) is 0 Å². The van der Waals surface area contributed by atoms with Crippen molar-refractivity contribution in [1.82, 2.24) is 9.29 Å². The summed E-state index contributed by atoms with van der Waals surface area (Å²) in [5, 5.41) is 0. The molecule has 1 fully saturated rings. The number of ether oxygens (including phenoxy) is 1. The SMILES string of the molecule is CCCn1cc(S(=O)(=O)NC2CCCOC2)cc1CN. The highest BCUT2D eigenvalue weighted by Crippen LogP contribution is 2.17. The lowest BCUT2D eigenvalue weighted by Gasteiger charge is -2.22. The van der Waals surface area contributed by atoms with Crippen LogP contribution >= 0.6 is 0 Å². The Hall–Kier alpha value is -0.890. The van der Waals surface area contributed by atoms with E-state index >= 15 is 0 Å². The molecule has 0 saturated carbocycles. The number of aryl methyl sites for hydroxylation is 1. The van der Waals surface area contributed by atoms with Crippen LogP contribution in [0.3, 0.4) is 0 Å². The van der Waals surface area contributed by atoms with Crippen molar-refractivity contribution in [3.8, 4) is 0 Å². The summed E-state index contributed by atoms with van der Waals surface area (Å²) in [6, 6.07) is 1.52. The third kappa shape index (κ3) is 3.60. The summed E-state index contributed by atoms with van der Waals surface area (Å²) in [7, 11) is -3.50. The maximum absolute atomic E-state index is 12.4. The van der Waals surface area contributed by atoms with Crippen molar-refractivity contribution in [3.05, 3.63) is 18.0 Å². The Bertz CT molecular complexity index is 533. The average Bonchev–Trinajstić information content (AvgIpc) is 2.84. The van der Waals surface area contributed by atoms with Crippen molar-refractivity contribution >= 4 is 10.0 Å². The Kier molecular flexibility index (Phi) is 5.20. The van der Waals surface area contributed by atoms with Crippen LogP contribution in [-0.4, -0.2) is 32.2 Å². The molecule has 1 aromatic heterocycles. The van der Waals surface area contributed by atoms with E-state index in [2.05, 4.69) is 4.72 Å². The fourth-order valence-corrected chi connectivity index (χ4v) is 3.73. The Morgan fingerprint density at radius 1 is 1.55 bits per heavy atom. The molecule has 1 aromatic rings. The van der Waals surface area contributed by atoms with Crippen molar-refractivity contribution in [1.29, 1.82) is 0 Å². The second-order valence-electron chi connectivity index (χ2n) is 5.10. The number of nitrogens with one attached hydrogen (secondary N) is 1. The molecule has 0 radical (unpaired) electrons. The molecule has 0 spiro atoms. The summed E-state index contributed by atoms with van der Waals surface area (Å²) in [5.74, 6) is 0. The predicted molar refractivity (Wildman–Crippen MR) is 76.8 cm³/mol. The molecule has 1 saturated heterocycles. The lowest BCUT2D eigenvalue weighted by Crippen LogP contribution is -2.40. The minimum atomic E-state index is -3.50. The van der Waals surface area contributed by atoms with E-state index in [1.54, 1.807) is 12.3 Å². The zero-order valence-electron chi connectivity index (χ0n) is 11.8. The average molecular weight is 301 g/mol. The molecular weight excluding hydrogens is 278 g/mol. The topological polar surface area (TPSA) is 86.3 Å². The number of aromatic nitrogens is 1. The van der Waals surface area contributed by atoms with Crippen LogP contribution in [0, 0.1) is 0 Å². The van der Waals surface area contributed by atoms with E-state index in [1.807, 2.05) is 11.5 Å². The van der Waals surface area contributed by atoms with Crippen LogP contribution in [0.25, 0.3) is 0 Å². The van der Waals surface area contributed by atoms with E-state index in [1.165, 1.54) is 0 Å². The van der Waals surface area contributed by atoms with Crippen LogP contribution in [-0.2, 0) is 27.8 Å². The van der Waals surface area contributed by atoms with Gasteiger partial charge in [0.15, 0.2) is 0 Å². The minimum Gasteiger partial charge on any atom is -0.380 e. The lowest BCUT2D eigenvalue weighted by atomic mass is 10.1. The van der Waals surface area contributed by atoms with Crippen LogP contribution in [0.1, 0.15) is 31.9 Å². The van der Waals surface area contributed by atoms with E-state index in [0.29, 0.717) is 19.8 Å². The van der Waals surface area contributed by atoms with Gasteiger partial charge in [-0.2, -0.15) is 0 Å². The Balaban J connectivity index is 2.15. The molecule has 7 heteroatoms. The van der Waals surface area contributed by atoms with Gasteiger partial charge in [0.25, 0.3) is 0 Å². The minimum absolute atomic E-state index is 0.135. The smallest absolute Gasteiger partial charge is 0.242 e. The molecule has 0 bridgehead atoms. The third-order valence-electron chi connectivity index (χ3n) is 3.43. The maximum atomic E-state index is 12.4. The molecule has 3 N–H and O–H groups in total. The molecule has 6 nitrogen and oxygen atoms in total. The van der Waals surface area contributed by atoms with Gasteiger partial charge in [-0.1, -0.05) is 6.92 Å². The third-order valence-corrected chi connectivity index (χ3v) is 4.91. The quantitative estimate of drug-likeness (QED) is 0.814. The number of hydrogen-bond acceptors (Lipinski definition) is 4. The van der Waals surface area contributed by atoms with Gasteiger partial charge in [0.1, 0.15) is 0 Å². The molecule has 1 unspecified atom stereocenters. The molecule has 20 heavy (non-hydrogen) atoms. The Morgan fingerprint density at radius 2 is 2.35 bits per heavy atom. The maximum Gasteiger partial charge on any atom is 0.242 e. The summed E-state index contributed by atoms with van der Waals surface area (Å²) in [6.07, 6.45) is 4.31. The molecule has 114 valence electrons. The van der Waals surface area contributed by atoms with Crippen molar-refractivity contribution < 1.29 is 13.2 Å². The molecule has 1 aliphatic heterocycles. The van der Waals surface area contributed by atoms with Gasteiger partial charge in [-0.3, -0.25) is 0 Å². The van der Waals surface area contributed by atoms with Gasteiger partial charge >= 0.3 is 0 Å².